The van der Waals surface area contributed by atoms with Crippen molar-refractivity contribution in [3.8, 4) is 11.4 Å². The minimum absolute atomic E-state index is 0.0121. The maximum atomic E-state index is 13.3. The van der Waals surface area contributed by atoms with Crippen LogP contribution in [0.5, 0.6) is 5.75 Å². The van der Waals surface area contributed by atoms with E-state index in [0.29, 0.717) is 16.3 Å². The van der Waals surface area contributed by atoms with E-state index in [1.807, 2.05) is 6.92 Å². The summed E-state index contributed by atoms with van der Waals surface area (Å²) in [6, 6.07) is 14.3. The average Bonchev–Trinajstić information content (AvgIpc) is 3.40. The minimum atomic E-state index is -0.573. The molecule has 2 heterocycles. The number of fused-ring (bicyclic) bond motifs is 1. The van der Waals surface area contributed by atoms with E-state index in [0.717, 1.165) is 21.5 Å². The Hall–Kier alpha value is -3.72. The highest BCUT2D eigenvalue weighted by molar-refractivity contribution is 7.20. The summed E-state index contributed by atoms with van der Waals surface area (Å²) in [5, 5.41) is 8.30. The molecule has 1 amide bonds. The van der Waals surface area contributed by atoms with Gasteiger partial charge >= 0.3 is 5.97 Å². The van der Waals surface area contributed by atoms with Crippen LogP contribution in [0.3, 0.4) is 0 Å². The van der Waals surface area contributed by atoms with Gasteiger partial charge in [-0.05, 0) is 55.0 Å². The lowest BCUT2D eigenvalue weighted by Gasteiger charge is -2.18. The first-order valence-corrected chi connectivity index (χ1v) is 11.0. The molecule has 0 bridgehead atoms. The van der Waals surface area contributed by atoms with Crippen LogP contribution in [0.4, 0.5) is 4.39 Å². The number of thiophene rings is 1. The molecule has 9 heteroatoms. The molecule has 33 heavy (non-hydrogen) atoms. The van der Waals surface area contributed by atoms with Crippen molar-refractivity contribution in [1.29, 1.82) is 0 Å². The smallest absolute Gasteiger partial charge is 0.307 e. The van der Waals surface area contributed by atoms with Gasteiger partial charge in [-0.2, -0.15) is 5.10 Å². The fraction of sp³-hybridized carbons (Fsp3) is 0.208. The number of carbonyl (C=O) groups is 2. The lowest BCUT2D eigenvalue weighted by molar-refractivity contribution is -0.141. The van der Waals surface area contributed by atoms with E-state index in [4.69, 9.17) is 9.47 Å². The molecule has 170 valence electrons. The average molecular weight is 468 g/mol. The maximum absolute atomic E-state index is 13.3. The predicted molar refractivity (Wildman–Crippen MR) is 123 cm³/mol. The third-order valence-corrected chi connectivity index (χ3v) is 6.37. The summed E-state index contributed by atoms with van der Waals surface area (Å²) >= 11 is 1.28. The summed E-state index contributed by atoms with van der Waals surface area (Å²) in [5.41, 5.74) is 2.21. The number of aromatic nitrogens is 2. The monoisotopic (exact) mass is 467 g/mol. The summed E-state index contributed by atoms with van der Waals surface area (Å²) in [4.78, 5) is 26.4. The van der Waals surface area contributed by atoms with Crippen LogP contribution in [-0.4, -0.2) is 35.9 Å². The van der Waals surface area contributed by atoms with Crippen LogP contribution in [0.25, 0.3) is 15.9 Å². The summed E-state index contributed by atoms with van der Waals surface area (Å²) in [6.07, 6.45) is -0.0121. The van der Waals surface area contributed by atoms with Crippen LogP contribution in [-0.2, 0) is 9.53 Å². The first-order valence-electron chi connectivity index (χ1n) is 10.2. The van der Waals surface area contributed by atoms with Gasteiger partial charge < -0.3 is 14.8 Å². The molecular formula is C24H22FN3O4S. The predicted octanol–water partition coefficient (Wildman–Crippen LogP) is 4.58. The first-order chi connectivity index (χ1) is 15.9. The number of carbonyl (C=O) groups excluding carboxylic acids is 2. The van der Waals surface area contributed by atoms with E-state index in [2.05, 4.69) is 10.4 Å². The molecule has 2 aromatic carbocycles. The molecule has 0 aliphatic heterocycles. The zero-order valence-electron chi connectivity index (χ0n) is 18.3. The number of benzene rings is 2. The van der Waals surface area contributed by atoms with E-state index in [9.17, 15) is 14.0 Å². The normalized spacial score (nSPS) is 11.9. The molecule has 0 saturated heterocycles. The first kappa shape index (κ1) is 22.5. The Balaban J connectivity index is 1.63. The van der Waals surface area contributed by atoms with E-state index >= 15 is 0 Å². The summed E-state index contributed by atoms with van der Waals surface area (Å²) in [7, 11) is 2.88. The number of methoxy groups -OCH3 is 2. The van der Waals surface area contributed by atoms with E-state index in [1.54, 1.807) is 54.3 Å². The molecule has 4 rings (SSSR count). The van der Waals surface area contributed by atoms with Crippen LogP contribution in [0.1, 0.15) is 33.4 Å². The molecule has 1 atom stereocenters. The number of esters is 1. The molecule has 4 aromatic rings. The molecule has 1 unspecified atom stereocenters. The highest BCUT2D eigenvalue weighted by atomic mass is 32.1. The molecule has 0 saturated carbocycles. The number of amides is 1. The zero-order chi connectivity index (χ0) is 23.5. The molecule has 1 N–H and O–H groups in total. The number of ether oxygens (including phenoxy) is 2. The number of halogens is 1. The largest absolute Gasteiger partial charge is 0.497 e. The van der Waals surface area contributed by atoms with Crippen LogP contribution in [0.2, 0.25) is 0 Å². The summed E-state index contributed by atoms with van der Waals surface area (Å²) in [6.45, 7) is 1.86. The van der Waals surface area contributed by atoms with Crippen molar-refractivity contribution in [2.75, 3.05) is 14.2 Å². The molecule has 0 aliphatic rings. The quantitative estimate of drug-likeness (QED) is 0.403. The van der Waals surface area contributed by atoms with Crippen molar-refractivity contribution in [3.05, 3.63) is 76.5 Å². The van der Waals surface area contributed by atoms with Crippen molar-refractivity contribution < 1.29 is 23.5 Å². The van der Waals surface area contributed by atoms with Gasteiger partial charge in [0, 0.05) is 5.39 Å². The van der Waals surface area contributed by atoms with Gasteiger partial charge in [0.25, 0.3) is 5.91 Å². The molecule has 0 fully saturated rings. The topological polar surface area (TPSA) is 82.5 Å². The van der Waals surface area contributed by atoms with E-state index < -0.39 is 12.0 Å². The van der Waals surface area contributed by atoms with E-state index in [-0.39, 0.29) is 18.1 Å². The number of nitrogens with zero attached hydrogens (tertiary/aromatic N) is 2. The van der Waals surface area contributed by atoms with Gasteiger partial charge in [-0.15, -0.1) is 11.3 Å². The molecule has 7 nitrogen and oxygen atoms in total. The van der Waals surface area contributed by atoms with Crippen LogP contribution in [0, 0.1) is 12.7 Å². The standard InChI is InChI=1S/C24H22FN3O4S/c1-14-19-12-21(33-24(19)28(27-14)17-8-6-16(25)7-9-17)23(30)26-20(13-22(29)32-3)15-4-10-18(31-2)11-5-15/h4-12,20H,13H2,1-3H3,(H,26,30). The Kier molecular flexibility index (Phi) is 6.41. The second kappa shape index (κ2) is 9.41. The fourth-order valence-electron chi connectivity index (χ4n) is 3.48. The van der Waals surface area contributed by atoms with Gasteiger partial charge in [-0.25, -0.2) is 9.07 Å². The SMILES string of the molecule is COC(=O)CC(NC(=O)c1cc2c(C)nn(-c3ccc(F)cc3)c2s1)c1ccc(OC)cc1. The third kappa shape index (κ3) is 4.73. The van der Waals surface area contributed by atoms with Crippen LogP contribution < -0.4 is 10.1 Å². The number of rotatable bonds is 7. The van der Waals surface area contributed by atoms with Gasteiger partial charge in [0.1, 0.15) is 16.4 Å². The minimum Gasteiger partial charge on any atom is -0.497 e. The number of hydrogen-bond donors (Lipinski definition) is 1. The van der Waals surface area contributed by atoms with Gasteiger partial charge in [0.15, 0.2) is 0 Å². The van der Waals surface area contributed by atoms with Gasteiger partial charge in [0.2, 0.25) is 0 Å². The van der Waals surface area contributed by atoms with E-state index in [1.165, 1.54) is 30.6 Å². The highest BCUT2D eigenvalue weighted by Crippen LogP contribution is 2.31. The number of nitrogens with one attached hydrogen (secondary N) is 1. The van der Waals surface area contributed by atoms with Crippen molar-refractivity contribution in [3.63, 3.8) is 0 Å². The van der Waals surface area contributed by atoms with Gasteiger partial charge in [-0.3, -0.25) is 9.59 Å². The van der Waals surface area contributed by atoms with Crippen LogP contribution >= 0.6 is 11.3 Å². The molecular weight excluding hydrogens is 445 g/mol. The zero-order valence-corrected chi connectivity index (χ0v) is 19.1. The maximum Gasteiger partial charge on any atom is 0.307 e. The molecule has 0 aliphatic carbocycles. The second-order valence-electron chi connectivity index (χ2n) is 7.38. The summed E-state index contributed by atoms with van der Waals surface area (Å²) < 4.78 is 25.0. The third-order valence-electron chi connectivity index (χ3n) is 5.26. The Bertz CT molecular complexity index is 1300. The molecule has 0 radical (unpaired) electrons. The second-order valence-corrected chi connectivity index (χ2v) is 8.41. The number of aryl methyl sites for hydroxylation is 1. The molecule has 2 aromatic heterocycles. The highest BCUT2D eigenvalue weighted by Gasteiger charge is 2.23. The Morgan fingerprint density at radius 1 is 1.12 bits per heavy atom. The Labute approximate surface area is 193 Å². The van der Waals surface area contributed by atoms with Crippen LogP contribution in [0.15, 0.2) is 54.6 Å². The van der Waals surface area contributed by atoms with Gasteiger partial charge in [0.05, 0.1) is 42.9 Å². The van der Waals surface area contributed by atoms with Crippen molar-refractivity contribution in [2.45, 2.75) is 19.4 Å². The Morgan fingerprint density at radius 3 is 2.45 bits per heavy atom. The summed E-state index contributed by atoms with van der Waals surface area (Å²) in [5.74, 6) is -0.409. The lowest BCUT2D eigenvalue weighted by Crippen LogP contribution is -2.30. The molecule has 0 spiro atoms. The van der Waals surface area contributed by atoms with Crippen molar-refractivity contribution in [2.24, 2.45) is 0 Å². The van der Waals surface area contributed by atoms with Crippen molar-refractivity contribution in [1.82, 2.24) is 15.1 Å². The number of hydrogen-bond acceptors (Lipinski definition) is 6. The van der Waals surface area contributed by atoms with Crippen molar-refractivity contribution >= 4 is 33.4 Å². The fourth-order valence-corrected chi connectivity index (χ4v) is 4.57. The lowest BCUT2D eigenvalue weighted by atomic mass is 10.0. The van der Waals surface area contributed by atoms with Gasteiger partial charge in [-0.1, -0.05) is 12.1 Å². The Morgan fingerprint density at radius 2 is 1.82 bits per heavy atom.